The van der Waals surface area contributed by atoms with Crippen molar-refractivity contribution in [1.29, 1.82) is 0 Å². The van der Waals surface area contributed by atoms with Crippen LogP contribution in [-0.2, 0) is 0 Å². The Hall–Kier alpha value is -3.65. The topological polar surface area (TPSA) is 126 Å². The Morgan fingerprint density at radius 1 is 1.23 bits per heavy atom. The maximum absolute atomic E-state index is 12.1. The van der Waals surface area contributed by atoms with E-state index >= 15 is 0 Å². The second-order valence-electron chi connectivity index (χ2n) is 8.04. The van der Waals surface area contributed by atoms with Crippen LogP contribution in [-0.4, -0.2) is 47.0 Å². The summed E-state index contributed by atoms with van der Waals surface area (Å²) in [6, 6.07) is 8.16. The summed E-state index contributed by atoms with van der Waals surface area (Å²) in [4.78, 5) is 26.5. The molecule has 1 aliphatic heterocycles. The van der Waals surface area contributed by atoms with Crippen molar-refractivity contribution in [3.8, 4) is 11.1 Å². The number of hydrogen-bond acceptors (Lipinski definition) is 6. The highest BCUT2D eigenvalue weighted by Crippen LogP contribution is 2.37. The average Bonchev–Trinajstić information content (AvgIpc) is 3.21. The Morgan fingerprint density at radius 3 is 2.90 bits per heavy atom. The normalized spacial score (nSPS) is 16.7. The monoisotopic (exact) mass is 415 g/mol. The quantitative estimate of drug-likeness (QED) is 0.408. The van der Waals surface area contributed by atoms with Gasteiger partial charge in [-0.2, -0.15) is 0 Å². The summed E-state index contributed by atoms with van der Waals surface area (Å²) < 4.78 is 0. The van der Waals surface area contributed by atoms with E-state index < -0.39 is 0 Å². The number of aromatic amines is 1. The molecule has 0 spiro atoms. The fourth-order valence-corrected chi connectivity index (χ4v) is 4.44. The third-order valence-corrected chi connectivity index (χ3v) is 5.97. The molecule has 0 aliphatic carbocycles. The molecule has 31 heavy (non-hydrogen) atoms. The van der Waals surface area contributed by atoms with Crippen LogP contribution in [0.2, 0.25) is 0 Å². The highest BCUT2D eigenvalue weighted by atomic mass is 16.1. The van der Waals surface area contributed by atoms with Gasteiger partial charge < -0.3 is 26.7 Å². The standard InChI is InChI=1S/C23H25N7O/c1-26-23(31)14-8-16-18(10-29-22(16)28-9-14)13-4-5-20-17(7-13)21(19(25)11-27-20)30-6-2-3-15(24)12-30/h4-5,7-11,15H,2-3,6,12,24-25H2,1H3,(H,26,31)(H,28,29)/t15-/m0/s1. The number of nitrogen functional groups attached to an aromatic ring is 1. The number of pyridine rings is 2. The zero-order valence-electron chi connectivity index (χ0n) is 17.4. The number of anilines is 2. The van der Waals surface area contributed by atoms with Gasteiger partial charge in [0.25, 0.3) is 5.91 Å². The van der Waals surface area contributed by atoms with E-state index in [0.717, 1.165) is 64.7 Å². The van der Waals surface area contributed by atoms with Crippen molar-refractivity contribution in [2.24, 2.45) is 5.73 Å². The SMILES string of the molecule is CNC(=O)c1cnc2[nH]cc(-c3ccc4ncc(N)c(N5CCC[C@H](N)C5)c4c3)c2c1. The number of nitrogens with zero attached hydrogens (tertiary/aromatic N) is 3. The summed E-state index contributed by atoms with van der Waals surface area (Å²) in [6.07, 6.45) is 7.29. The van der Waals surface area contributed by atoms with Crippen molar-refractivity contribution in [2.75, 3.05) is 30.8 Å². The number of aromatic nitrogens is 3. The Kier molecular flexibility index (Phi) is 4.71. The molecule has 1 atom stereocenters. The first-order chi connectivity index (χ1) is 15.0. The summed E-state index contributed by atoms with van der Waals surface area (Å²) in [5.74, 6) is -0.166. The molecule has 1 saturated heterocycles. The minimum Gasteiger partial charge on any atom is -0.396 e. The molecular formula is C23H25N7O. The maximum atomic E-state index is 12.1. The highest BCUT2D eigenvalue weighted by Gasteiger charge is 2.21. The minimum absolute atomic E-state index is 0.141. The number of rotatable bonds is 3. The second-order valence-corrected chi connectivity index (χ2v) is 8.04. The number of benzene rings is 1. The number of amides is 1. The summed E-state index contributed by atoms with van der Waals surface area (Å²) in [7, 11) is 1.61. The van der Waals surface area contributed by atoms with Crippen LogP contribution in [0.25, 0.3) is 33.1 Å². The van der Waals surface area contributed by atoms with Gasteiger partial charge in [0.05, 0.1) is 28.7 Å². The predicted octanol–water partition coefficient (Wildman–Crippen LogP) is 2.65. The van der Waals surface area contributed by atoms with Gasteiger partial charge in [-0.3, -0.25) is 9.78 Å². The van der Waals surface area contributed by atoms with Gasteiger partial charge in [-0.25, -0.2) is 4.98 Å². The van der Waals surface area contributed by atoms with Gasteiger partial charge in [0.1, 0.15) is 5.65 Å². The lowest BCUT2D eigenvalue weighted by Gasteiger charge is -2.34. The number of hydrogen-bond donors (Lipinski definition) is 4. The van der Waals surface area contributed by atoms with Gasteiger partial charge in [-0.1, -0.05) is 6.07 Å². The molecule has 1 aromatic carbocycles. The maximum Gasteiger partial charge on any atom is 0.252 e. The Labute approximate surface area is 179 Å². The van der Waals surface area contributed by atoms with E-state index in [2.05, 4.69) is 31.2 Å². The summed E-state index contributed by atoms with van der Waals surface area (Å²) in [5.41, 5.74) is 18.4. The van der Waals surface area contributed by atoms with E-state index in [9.17, 15) is 4.79 Å². The first kappa shape index (κ1) is 19.3. The number of nitrogens with two attached hydrogens (primary N) is 2. The van der Waals surface area contributed by atoms with Crippen molar-refractivity contribution in [3.63, 3.8) is 0 Å². The third kappa shape index (κ3) is 3.34. The fraction of sp³-hybridized carbons (Fsp3) is 0.261. The number of H-pyrrole nitrogens is 1. The molecule has 0 unspecified atom stereocenters. The van der Waals surface area contributed by atoms with Crippen LogP contribution in [0.5, 0.6) is 0 Å². The number of carbonyl (C=O) groups is 1. The molecule has 1 fully saturated rings. The van der Waals surface area contributed by atoms with E-state index in [1.807, 2.05) is 24.4 Å². The number of fused-ring (bicyclic) bond motifs is 2. The molecule has 8 nitrogen and oxygen atoms in total. The molecule has 4 aromatic rings. The minimum atomic E-state index is -0.166. The molecule has 158 valence electrons. The van der Waals surface area contributed by atoms with Crippen molar-refractivity contribution in [3.05, 3.63) is 48.4 Å². The summed E-state index contributed by atoms with van der Waals surface area (Å²) >= 11 is 0. The smallest absolute Gasteiger partial charge is 0.252 e. The van der Waals surface area contributed by atoms with Crippen LogP contribution in [0.15, 0.2) is 42.9 Å². The molecule has 4 heterocycles. The molecule has 3 aromatic heterocycles. The van der Waals surface area contributed by atoms with E-state index in [-0.39, 0.29) is 11.9 Å². The number of piperidine rings is 1. The van der Waals surface area contributed by atoms with Crippen molar-refractivity contribution in [2.45, 2.75) is 18.9 Å². The van der Waals surface area contributed by atoms with Crippen LogP contribution < -0.4 is 21.7 Å². The van der Waals surface area contributed by atoms with Crippen LogP contribution >= 0.6 is 0 Å². The molecule has 6 N–H and O–H groups in total. The Morgan fingerprint density at radius 2 is 2.10 bits per heavy atom. The summed E-state index contributed by atoms with van der Waals surface area (Å²) in [5, 5.41) is 4.53. The van der Waals surface area contributed by atoms with E-state index in [4.69, 9.17) is 11.5 Å². The number of nitrogens with one attached hydrogen (secondary N) is 2. The molecule has 1 amide bonds. The molecule has 8 heteroatoms. The molecule has 5 rings (SSSR count). The molecular weight excluding hydrogens is 390 g/mol. The van der Waals surface area contributed by atoms with Gasteiger partial charge in [-0.15, -0.1) is 0 Å². The van der Waals surface area contributed by atoms with Crippen LogP contribution in [0.1, 0.15) is 23.2 Å². The second kappa shape index (κ2) is 7.55. The third-order valence-electron chi connectivity index (χ3n) is 5.97. The number of carbonyl (C=O) groups excluding carboxylic acids is 1. The zero-order chi connectivity index (χ0) is 21.5. The largest absolute Gasteiger partial charge is 0.396 e. The van der Waals surface area contributed by atoms with Crippen molar-refractivity contribution >= 4 is 39.2 Å². The molecule has 1 aliphatic rings. The lowest BCUT2D eigenvalue weighted by atomic mass is 10.00. The van der Waals surface area contributed by atoms with Gasteiger partial charge in [0.2, 0.25) is 0 Å². The molecule has 0 bridgehead atoms. The van der Waals surface area contributed by atoms with Gasteiger partial charge in [0, 0.05) is 54.9 Å². The lowest BCUT2D eigenvalue weighted by molar-refractivity contribution is 0.0963. The van der Waals surface area contributed by atoms with Crippen LogP contribution in [0.3, 0.4) is 0 Å². The van der Waals surface area contributed by atoms with E-state index in [1.54, 1.807) is 19.4 Å². The first-order valence-electron chi connectivity index (χ1n) is 10.4. The first-order valence-corrected chi connectivity index (χ1v) is 10.4. The van der Waals surface area contributed by atoms with Crippen LogP contribution in [0.4, 0.5) is 11.4 Å². The van der Waals surface area contributed by atoms with Gasteiger partial charge >= 0.3 is 0 Å². The molecule has 0 radical (unpaired) electrons. The van der Waals surface area contributed by atoms with Crippen molar-refractivity contribution < 1.29 is 4.79 Å². The fourth-order valence-electron chi connectivity index (χ4n) is 4.44. The Balaban J connectivity index is 1.66. The van der Waals surface area contributed by atoms with Crippen molar-refractivity contribution in [1.82, 2.24) is 20.3 Å². The highest BCUT2D eigenvalue weighted by molar-refractivity contribution is 6.04. The zero-order valence-corrected chi connectivity index (χ0v) is 17.4. The Bertz CT molecular complexity index is 1300. The van der Waals surface area contributed by atoms with Gasteiger partial charge in [-0.05, 0) is 36.6 Å². The summed E-state index contributed by atoms with van der Waals surface area (Å²) in [6.45, 7) is 1.70. The average molecular weight is 416 g/mol. The molecule has 0 saturated carbocycles. The predicted molar refractivity (Wildman–Crippen MR) is 124 cm³/mol. The van der Waals surface area contributed by atoms with Gasteiger partial charge in [0.15, 0.2) is 0 Å². The van der Waals surface area contributed by atoms with E-state index in [0.29, 0.717) is 11.3 Å². The van der Waals surface area contributed by atoms with E-state index in [1.165, 1.54) is 0 Å². The van der Waals surface area contributed by atoms with Crippen LogP contribution in [0, 0.1) is 0 Å². The lowest BCUT2D eigenvalue weighted by Crippen LogP contribution is -2.43.